The number of benzene rings is 1. The average Bonchev–Trinajstić information content (AvgIpc) is 2.42. The Morgan fingerprint density at radius 3 is 2.40 bits per heavy atom. The van der Waals surface area contributed by atoms with Gasteiger partial charge in [0.1, 0.15) is 6.04 Å². The molecule has 1 aromatic carbocycles. The van der Waals surface area contributed by atoms with Gasteiger partial charge in [-0.3, -0.25) is 10.1 Å². The van der Waals surface area contributed by atoms with Crippen molar-refractivity contribution in [1.82, 2.24) is 5.32 Å². The number of esters is 1. The molecule has 0 heterocycles. The van der Waals surface area contributed by atoms with Gasteiger partial charge in [0.15, 0.2) is 0 Å². The van der Waals surface area contributed by atoms with Gasteiger partial charge >= 0.3 is 5.97 Å². The first-order valence-corrected chi connectivity index (χ1v) is 7.45. The summed E-state index contributed by atoms with van der Waals surface area (Å²) in [6.07, 6.45) is 0.832. The van der Waals surface area contributed by atoms with Crippen LogP contribution in [0.5, 0.6) is 0 Å². The fraction of sp³-hybridized carbons (Fsp3) is 0.533. The molecule has 0 spiro atoms. The lowest BCUT2D eigenvalue weighted by molar-refractivity contribution is -0.144. The van der Waals surface area contributed by atoms with Gasteiger partial charge in [-0.25, -0.2) is 0 Å². The number of rotatable bonds is 6. The summed E-state index contributed by atoms with van der Waals surface area (Å²) >= 11 is 12.0. The molecule has 0 aliphatic heterocycles. The Morgan fingerprint density at radius 2 is 1.95 bits per heavy atom. The molecule has 0 amide bonds. The molecule has 2 atom stereocenters. The molecule has 0 aromatic heterocycles. The topological polar surface area (TPSA) is 38.3 Å². The Hall–Kier alpha value is -0.770. The quantitative estimate of drug-likeness (QED) is 0.798. The molecular weight excluding hydrogens is 297 g/mol. The van der Waals surface area contributed by atoms with Gasteiger partial charge in [-0.15, -0.1) is 0 Å². The third-order valence-electron chi connectivity index (χ3n) is 3.26. The smallest absolute Gasteiger partial charge is 0.323 e. The van der Waals surface area contributed by atoms with E-state index < -0.39 is 0 Å². The molecule has 1 N–H and O–H groups in total. The molecule has 0 saturated carbocycles. The Balaban J connectivity index is 2.94. The highest BCUT2D eigenvalue weighted by Gasteiger charge is 2.26. The summed E-state index contributed by atoms with van der Waals surface area (Å²) in [5, 5.41) is 4.38. The average molecular weight is 318 g/mol. The van der Waals surface area contributed by atoms with Crippen LogP contribution in [-0.2, 0) is 9.53 Å². The van der Waals surface area contributed by atoms with Gasteiger partial charge in [-0.05, 0) is 30.0 Å². The first-order chi connectivity index (χ1) is 9.40. The minimum atomic E-state index is -0.348. The van der Waals surface area contributed by atoms with Crippen molar-refractivity contribution in [2.75, 3.05) is 7.11 Å². The molecule has 0 aliphatic rings. The summed E-state index contributed by atoms with van der Waals surface area (Å²) in [6, 6.07) is 5.20. The van der Waals surface area contributed by atoms with Crippen molar-refractivity contribution in [1.29, 1.82) is 0 Å². The lowest BCUT2D eigenvalue weighted by Gasteiger charge is -2.26. The predicted octanol–water partition coefficient (Wildman–Crippen LogP) is 4.23. The number of hydrogen-bond acceptors (Lipinski definition) is 3. The molecule has 1 unspecified atom stereocenters. The van der Waals surface area contributed by atoms with E-state index in [9.17, 15) is 4.79 Å². The standard InChI is InChI=1S/C15H21Cl2NO2/c1-5-13(10-6-7-11(16)12(17)8-10)18-14(9(2)3)15(19)20-4/h6-9,13-14,18H,5H2,1-4H3/t13?,14-/m0/s1. The highest BCUT2D eigenvalue weighted by atomic mass is 35.5. The Morgan fingerprint density at radius 1 is 1.30 bits per heavy atom. The fourth-order valence-electron chi connectivity index (χ4n) is 2.06. The summed E-state index contributed by atoms with van der Waals surface area (Å²) in [6.45, 7) is 6.02. The van der Waals surface area contributed by atoms with Crippen LogP contribution >= 0.6 is 23.2 Å². The predicted molar refractivity (Wildman–Crippen MR) is 83.3 cm³/mol. The minimum Gasteiger partial charge on any atom is -0.468 e. The van der Waals surface area contributed by atoms with E-state index in [-0.39, 0.29) is 24.0 Å². The van der Waals surface area contributed by atoms with Gasteiger partial charge in [0.25, 0.3) is 0 Å². The number of carbonyl (C=O) groups excluding carboxylic acids is 1. The molecule has 0 fully saturated rings. The van der Waals surface area contributed by atoms with Crippen molar-refractivity contribution in [3.63, 3.8) is 0 Å². The van der Waals surface area contributed by atoms with Crippen LogP contribution in [0.1, 0.15) is 38.8 Å². The highest BCUT2D eigenvalue weighted by molar-refractivity contribution is 6.42. The van der Waals surface area contributed by atoms with Gasteiger partial charge in [0.05, 0.1) is 17.2 Å². The van der Waals surface area contributed by atoms with Crippen LogP contribution in [0.2, 0.25) is 10.0 Å². The Labute approximate surface area is 130 Å². The molecule has 0 saturated heterocycles. The summed E-state index contributed by atoms with van der Waals surface area (Å²) in [5.74, 6) is -0.113. The van der Waals surface area contributed by atoms with Gasteiger partial charge in [0.2, 0.25) is 0 Å². The molecule has 0 aliphatic carbocycles. The maximum absolute atomic E-state index is 11.8. The highest BCUT2D eigenvalue weighted by Crippen LogP contribution is 2.27. The first-order valence-electron chi connectivity index (χ1n) is 6.69. The number of carbonyl (C=O) groups is 1. The van der Waals surface area contributed by atoms with Gasteiger partial charge in [0, 0.05) is 6.04 Å². The largest absolute Gasteiger partial charge is 0.468 e. The first kappa shape index (κ1) is 17.3. The van der Waals surface area contributed by atoms with E-state index in [1.54, 1.807) is 6.07 Å². The van der Waals surface area contributed by atoms with Crippen LogP contribution in [0, 0.1) is 5.92 Å². The summed E-state index contributed by atoms with van der Waals surface area (Å²) in [5.41, 5.74) is 1.01. The normalized spacial score (nSPS) is 14.2. The van der Waals surface area contributed by atoms with Crippen LogP contribution in [0.3, 0.4) is 0 Å². The molecular formula is C15H21Cl2NO2. The second-order valence-corrected chi connectivity index (χ2v) is 5.86. The van der Waals surface area contributed by atoms with E-state index >= 15 is 0 Å². The van der Waals surface area contributed by atoms with Gasteiger partial charge in [-0.2, -0.15) is 0 Å². The van der Waals surface area contributed by atoms with E-state index in [2.05, 4.69) is 12.2 Å². The maximum Gasteiger partial charge on any atom is 0.323 e. The van der Waals surface area contributed by atoms with Gasteiger partial charge < -0.3 is 4.74 Å². The van der Waals surface area contributed by atoms with Crippen molar-refractivity contribution in [2.45, 2.75) is 39.3 Å². The molecule has 112 valence electrons. The van der Waals surface area contributed by atoms with E-state index in [0.717, 1.165) is 12.0 Å². The number of halogens is 2. The molecule has 0 bridgehead atoms. The summed E-state index contributed by atoms with van der Waals surface area (Å²) in [7, 11) is 1.40. The maximum atomic E-state index is 11.8. The van der Waals surface area contributed by atoms with Crippen LogP contribution in [0.25, 0.3) is 0 Å². The van der Waals surface area contributed by atoms with Crippen molar-refractivity contribution in [3.8, 4) is 0 Å². The van der Waals surface area contributed by atoms with Crippen LogP contribution < -0.4 is 5.32 Å². The number of nitrogens with one attached hydrogen (secondary N) is 1. The second-order valence-electron chi connectivity index (χ2n) is 5.05. The van der Waals surface area contributed by atoms with Crippen LogP contribution in [-0.4, -0.2) is 19.1 Å². The van der Waals surface area contributed by atoms with E-state index in [1.807, 2.05) is 26.0 Å². The van der Waals surface area contributed by atoms with E-state index in [4.69, 9.17) is 27.9 Å². The van der Waals surface area contributed by atoms with Crippen molar-refractivity contribution < 1.29 is 9.53 Å². The van der Waals surface area contributed by atoms with E-state index in [0.29, 0.717) is 10.0 Å². The molecule has 1 aromatic rings. The number of ether oxygens (including phenoxy) is 1. The molecule has 3 nitrogen and oxygen atoms in total. The molecule has 20 heavy (non-hydrogen) atoms. The lowest BCUT2D eigenvalue weighted by atomic mass is 9.99. The Kier molecular flexibility index (Phi) is 6.80. The zero-order chi connectivity index (χ0) is 15.3. The van der Waals surface area contributed by atoms with Crippen molar-refractivity contribution >= 4 is 29.2 Å². The lowest BCUT2D eigenvalue weighted by Crippen LogP contribution is -2.43. The molecule has 0 radical (unpaired) electrons. The number of hydrogen-bond donors (Lipinski definition) is 1. The van der Waals surface area contributed by atoms with Crippen LogP contribution in [0.4, 0.5) is 0 Å². The molecule has 1 rings (SSSR count). The monoisotopic (exact) mass is 317 g/mol. The second kappa shape index (κ2) is 7.87. The zero-order valence-electron chi connectivity index (χ0n) is 12.2. The van der Waals surface area contributed by atoms with Crippen molar-refractivity contribution in [2.24, 2.45) is 5.92 Å². The minimum absolute atomic E-state index is 0.0243. The molecule has 5 heteroatoms. The third kappa shape index (κ3) is 4.37. The van der Waals surface area contributed by atoms with Crippen LogP contribution in [0.15, 0.2) is 18.2 Å². The van der Waals surface area contributed by atoms with Gasteiger partial charge in [-0.1, -0.05) is 50.0 Å². The van der Waals surface area contributed by atoms with E-state index in [1.165, 1.54) is 7.11 Å². The summed E-state index contributed by atoms with van der Waals surface area (Å²) < 4.78 is 4.85. The SMILES string of the molecule is CCC(N[C@H](C(=O)OC)C(C)C)c1ccc(Cl)c(Cl)c1. The zero-order valence-corrected chi connectivity index (χ0v) is 13.8. The Bertz CT molecular complexity index is 463. The summed E-state index contributed by atoms with van der Waals surface area (Å²) in [4.78, 5) is 11.8. The number of methoxy groups -OCH3 is 1. The van der Waals surface area contributed by atoms with Crippen molar-refractivity contribution in [3.05, 3.63) is 33.8 Å². The third-order valence-corrected chi connectivity index (χ3v) is 4.00. The fourth-order valence-corrected chi connectivity index (χ4v) is 2.36.